The number of hydrogen-bond acceptors (Lipinski definition) is 6. The van der Waals surface area contributed by atoms with Crippen LogP contribution in [-0.2, 0) is 9.53 Å². The lowest BCUT2D eigenvalue weighted by molar-refractivity contribution is -0.116. The third-order valence-electron chi connectivity index (χ3n) is 3.71. The molecule has 0 saturated heterocycles. The van der Waals surface area contributed by atoms with E-state index in [2.05, 4.69) is 10.6 Å². The first kappa shape index (κ1) is 22.4. The summed E-state index contributed by atoms with van der Waals surface area (Å²) in [6.45, 7) is 7.22. The Morgan fingerprint density at radius 2 is 1.76 bits per heavy atom. The van der Waals surface area contributed by atoms with Crippen molar-refractivity contribution in [3.05, 3.63) is 40.1 Å². The van der Waals surface area contributed by atoms with E-state index in [-0.39, 0.29) is 24.5 Å². The van der Waals surface area contributed by atoms with Crippen molar-refractivity contribution in [2.45, 2.75) is 46.1 Å². The van der Waals surface area contributed by atoms with E-state index in [0.29, 0.717) is 22.0 Å². The SMILES string of the molecule is COc1ccc(NC(=O)CCC(=O)c2ccc(C)s2)cc1NC(=O)OC(C)(C)C. The van der Waals surface area contributed by atoms with Crippen molar-refractivity contribution in [1.82, 2.24) is 0 Å². The molecule has 2 aromatic rings. The van der Waals surface area contributed by atoms with Gasteiger partial charge in [0.2, 0.25) is 5.91 Å². The number of carbonyl (C=O) groups is 3. The van der Waals surface area contributed by atoms with Gasteiger partial charge in [-0.05, 0) is 58.0 Å². The lowest BCUT2D eigenvalue weighted by Crippen LogP contribution is -2.27. The number of rotatable bonds is 7. The highest BCUT2D eigenvalue weighted by Crippen LogP contribution is 2.28. The molecular weight excluding hydrogens is 392 g/mol. The van der Waals surface area contributed by atoms with Crippen LogP contribution in [0.15, 0.2) is 30.3 Å². The molecule has 0 aliphatic rings. The number of amides is 2. The molecule has 0 unspecified atom stereocenters. The second-order valence-electron chi connectivity index (χ2n) is 7.42. The Hall–Kier alpha value is -2.87. The molecule has 0 fully saturated rings. The highest BCUT2D eigenvalue weighted by molar-refractivity contribution is 7.14. The molecule has 1 heterocycles. The van der Waals surface area contributed by atoms with Gasteiger partial charge in [-0.2, -0.15) is 0 Å². The zero-order valence-electron chi connectivity index (χ0n) is 17.3. The zero-order chi connectivity index (χ0) is 21.6. The smallest absolute Gasteiger partial charge is 0.412 e. The van der Waals surface area contributed by atoms with Crippen LogP contribution in [0.2, 0.25) is 0 Å². The second-order valence-corrected chi connectivity index (χ2v) is 8.71. The van der Waals surface area contributed by atoms with Crippen LogP contribution in [0.5, 0.6) is 5.75 Å². The Morgan fingerprint density at radius 3 is 2.34 bits per heavy atom. The van der Waals surface area contributed by atoms with Crippen LogP contribution in [0.25, 0.3) is 0 Å². The molecule has 2 amide bonds. The molecule has 0 saturated carbocycles. The minimum absolute atomic E-state index is 0.0553. The number of benzene rings is 1. The number of carbonyl (C=O) groups excluding carboxylic acids is 3. The molecule has 156 valence electrons. The number of Topliss-reactive ketones (excluding diaryl/α,β-unsaturated/α-hetero) is 1. The summed E-state index contributed by atoms with van der Waals surface area (Å²) >= 11 is 1.42. The minimum Gasteiger partial charge on any atom is -0.495 e. The lowest BCUT2D eigenvalue weighted by Gasteiger charge is -2.20. The van der Waals surface area contributed by atoms with Crippen molar-refractivity contribution in [1.29, 1.82) is 0 Å². The summed E-state index contributed by atoms with van der Waals surface area (Å²) in [5.41, 5.74) is 0.197. The number of methoxy groups -OCH3 is 1. The Balaban J connectivity index is 1.98. The van der Waals surface area contributed by atoms with Crippen LogP contribution in [0, 0.1) is 6.92 Å². The Bertz CT molecular complexity index is 899. The van der Waals surface area contributed by atoms with Gasteiger partial charge in [0.05, 0.1) is 17.7 Å². The van der Waals surface area contributed by atoms with E-state index in [1.807, 2.05) is 13.0 Å². The predicted molar refractivity (Wildman–Crippen MR) is 114 cm³/mol. The van der Waals surface area contributed by atoms with E-state index in [1.165, 1.54) is 18.4 Å². The van der Waals surface area contributed by atoms with Gasteiger partial charge < -0.3 is 14.8 Å². The van der Waals surface area contributed by atoms with Gasteiger partial charge >= 0.3 is 6.09 Å². The van der Waals surface area contributed by atoms with Gasteiger partial charge in [0.1, 0.15) is 11.4 Å². The third-order valence-corrected chi connectivity index (χ3v) is 4.75. The van der Waals surface area contributed by atoms with Gasteiger partial charge in [-0.15, -0.1) is 11.3 Å². The summed E-state index contributed by atoms with van der Waals surface area (Å²) < 4.78 is 10.5. The number of ketones is 1. The summed E-state index contributed by atoms with van der Waals surface area (Å²) in [6, 6.07) is 8.52. The van der Waals surface area contributed by atoms with E-state index in [1.54, 1.807) is 45.0 Å². The van der Waals surface area contributed by atoms with Gasteiger partial charge in [-0.1, -0.05) is 0 Å². The second kappa shape index (κ2) is 9.56. The Labute approximate surface area is 174 Å². The van der Waals surface area contributed by atoms with Crippen LogP contribution >= 0.6 is 11.3 Å². The zero-order valence-corrected chi connectivity index (χ0v) is 18.1. The van der Waals surface area contributed by atoms with E-state index in [4.69, 9.17) is 9.47 Å². The van der Waals surface area contributed by atoms with Crippen molar-refractivity contribution < 1.29 is 23.9 Å². The van der Waals surface area contributed by atoms with Gasteiger partial charge in [-0.25, -0.2) is 4.79 Å². The molecule has 0 spiro atoms. The molecule has 29 heavy (non-hydrogen) atoms. The van der Waals surface area contributed by atoms with Crippen molar-refractivity contribution in [2.24, 2.45) is 0 Å². The number of ether oxygens (including phenoxy) is 2. The van der Waals surface area contributed by atoms with E-state index < -0.39 is 11.7 Å². The van der Waals surface area contributed by atoms with E-state index >= 15 is 0 Å². The summed E-state index contributed by atoms with van der Waals surface area (Å²) in [5.74, 6) is 0.0809. The third kappa shape index (κ3) is 7.23. The van der Waals surface area contributed by atoms with Crippen LogP contribution in [-0.4, -0.2) is 30.5 Å². The first-order valence-electron chi connectivity index (χ1n) is 9.15. The number of thiophene rings is 1. The summed E-state index contributed by atoms with van der Waals surface area (Å²) in [6.07, 6.45) is -0.433. The lowest BCUT2D eigenvalue weighted by atomic mass is 10.2. The molecular formula is C21H26N2O5S. The molecule has 0 bridgehead atoms. The van der Waals surface area contributed by atoms with Gasteiger partial charge in [0, 0.05) is 23.4 Å². The molecule has 0 aliphatic carbocycles. The molecule has 1 aromatic carbocycles. The van der Waals surface area contributed by atoms with E-state index in [0.717, 1.165) is 4.88 Å². The highest BCUT2D eigenvalue weighted by Gasteiger charge is 2.18. The molecule has 1 aromatic heterocycles. The summed E-state index contributed by atoms with van der Waals surface area (Å²) in [5, 5.41) is 5.35. The highest BCUT2D eigenvalue weighted by atomic mass is 32.1. The number of anilines is 2. The van der Waals surface area contributed by atoms with Gasteiger partial charge in [-0.3, -0.25) is 14.9 Å². The van der Waals surface area contributed by atoms with Crippen molar-refractivity contribution >= 4 is 40.5 Å². The molecule has 0 aliphatic heterocycles. The topological polar surface area (TPSA) is 93.7 Å². The maximum atomic E-state index is 12.2. The molecule has 8 heteroatoms. The number of nitrogens with one attached hydrogen (secondary N) is 2. The molecule has 0 atom stereocenters. The fourth-order valence-electron chi connectivity index (χ4n) is 2.46. The average Bonchev–Trinajstić information content (AvgIpc) is 3.05. The van der Waals surface area contributed by atoms with E-state index in [9.17, 15) is 14.4 Å². The fourth-order valence-corrected chi connectivity index (χ4v) is 3.29. The molecule has 0 radical (unpaired) electrons. The van der Waals surface area contributed by atoms with Crippen LogP contribution < -0.4 is 15.4 Å². The molecule has 7 nitrogen and oxygen atoms in total. The predicted octanol–water partition coefficient (Wildman–Crippen LogP) is 5.01. The van der Waals surface area contributed by atoms with Crippen LogP contribution in [0.4, 0.5) is 16.2 Å². The van der Waals surface area contributed by atoms with Crippen LogP contribution in [0.3, 0.4) is 0 Å². The first-order chi connectivity index (χ1) is 13.6. The normalized spacial score (nSPS) is 10.9. The Kier molecular flexibility index (Phi) is 7.39. The standard InChI is InChI=1S/C21H26N2O5S/c1-13-6-10-18(29-13)16(24)8-11-19(25)22-14-7-9-17(27-5)15(12-14)23-20(26)28-21(2,3)4/h6-7,9-10,12H,8,11H2,1-5H3,(H,22,25)(H,23,26). The van der Waals surface area contributed by atoms with Gasteiger partial charge in [0.25, 0.3) is 0 Å². The average molecular weight is 419 g/mol. The van der Waals surface area contributed by atoms with Crippen molar-refractivity contribution in [3.63, 3.8) is 0 Å². The molecule has 2 rings (SSSR count). The Morgan fingerprint density at radius 1 is 1.03 bits per heavy atom. The fraction of sp³-hybridized carbons (Fsp3) is 0.381. The van der Waals surface area contributed by atoms with Crippen molar-refractivity contribution in [3.8, 4) is 5.75 Å². The summed E-state index contributed by atoms with van der Waals surface area (Å²) in [7, 11) is 1.48. The maximum absolute atomic E-state index is 12.2. The number of hydrogen-bond donors (Lipinski definition) is 2. The molecule has 2 N–H and O–H groups in total. The maximum Gasteiger partial charge on any atom is 0.412 e. The van der Waals surface area contributed by atoms with Gasteiger partial charge in [0.15, 0.2) is 5.78 Å². The summed E-state index contributed by atoms with van der Waals surface area (Å²) in [4.78, 5) is 38.1. The largest absolute Gasteiger partial charge is 0.495 e. The first-order valence-corrected chi connectivity index (χ1v) is 9.96. The van der Waals surface area contributed by atoms with Crippen LogP contribution in [0.1, 0.15) is 48.2 Å². The monoisotopic (exact) mass is 418 g/mol. The number of aryl methyl sites for hydroxylation is 1. The quantitative estimate of drug-likeness (QED) is 0.616. The van der Waals surface area contributed by atoms with Crippen molar-refractivity contribution in [2.75, 3.05) is 17.7 Å². The minimum atomic E-state index is -0.642.